The summed E-state index contributed by atoms with van der Waals surface area (Å²) in [4.78, 5) is 14.8. The first-order chi connectivity index (χ1) is 11.6. The Morgan fingerprint density at radius 3 is 2.46 bits per heavy atom. The predicted molar refractivity (Wildman–Crippen MR) is 105 cm³/mol. The molecule has 3 nitrogen and oxygen atoms in total. The number of nitrogens with zero attached hydrogens (tertiary/aromatic N) is 1. The van der Waals surface area contributed by atoms with Gasteiger partial charge in [0.25, 0.3) is 5.91 Å². The zero-order valence-corrected chi connectivity index (χ0v) is 15.3. The van der Waals surface area contributed by atoms with Gasteiger partial charge in [-0.25, -0.2) is 0 Å². The van der Waals surface area contributed by atoms with Crippen molar-refractivity contribution in [3.05, 3.63) is 64.0 Å². The topological polar surface area (TPSA) is 29.5 Å². The molecule has 2 aromatic carbocycles. The minimum atomic E-state index is -0.124. The lowest BCUT2D eigenvalue weighted by Crippen LogP contribution is -2.27. The van der Waals surface area contributed by atoms with Crippen LogP contribution in [-0.4, -0.2) is 16.8 Å². The second-order valence-electron chi connectivity index (χ2n) is 5.00. The number of anilines is 1. The minimum absolute atomic E-state index is 0.124. The van der Waals surface area contributed by atoms with Crippen LogP contribution in [0.1, 0.15) is 12.5 Å². The zero-order chi connectivity index (χ0) is 17.1. The lowest BCUT2D eigenvalue weighted by molar-refractivity contribution is -0.113. The van der Waals surface area contributed by atoms with Crippen LogP contribution in [0.2, 0.25) is 5.02 Å². The molecule has 1 aliphatic heterocycles. The maximum Gasteiger partial charge on any atom is 0.270 e. The van der Waals surface area contributed by atoms with Crippen LogP contribution in [0.5, 0.6) is 5.75 Å². The van der Waals surface area contributed by atoms with Crippen molar-refractivity contribution in [2.75, 3.05) is 11.5 Å². The molecule has 0 unspecified atom stereocenters. The molecule has 0 atom stereocenters. The van der Waals surface area contributed by atoms with Crippen LogP contribution in [0, 0.1) is 0 Å². The van der Waals surface area contributed by atoms with Crippen molar-refractivity contribution >= 4 is 57.6 Å². The lowest BCUT2D eigenvalue weighted by atomic mass is 10.2. The van der Waals surface area contributed by atoms with Gasteiger partial charge in [-0.2, -0.15) is 0 Å². The van der Waals surface area contributed by atoms with Crippen molar-refractivity contribution in [3.63, 3.8) is 0 Å². The van der Waals surface area contributed by atoms with Gasteiger partial charge in [0.05, 0.1) is 17.2 Å². The number of thiocarbonyl (C=S) groups is 1. The highest BCUT2D eigenvalue weighted by molar-refractivity contribution is 8.27. The van der Waals surface area contributed by atoms with Gasteiger partial charge >= 0.3 is 0 Å². The molecular weight excluding hydrogens is 362 g/mol. The zero-order valence-electron chi connectivity index (χ0n) is 12.9. The Morgan fingerprint density at radius 2 is 1.83 bits per heavy atom. The Labute approximate surface area is 155 Å². The molecule has 0 aliphatic carbocycles. The van der Waals surface area contributed by atoms with Crippen LogP contribution in [-0.2, 0) is 4.79 Å². The molecule has 1 amide bonds. The molecule has 0 radical (unpaired) electrons. The second kappa shape index (κ2) is 7.38. The van der Waals surface area contributed by atoms with E-state index < -0.39 is 0 Å². The van der Waals surface area contributed by atoms with Crippen molar-refractivity contribution in [1.82, 2.24) is 0 Å². The Balaban J connectivity index is 1.83. The van der Waals surface area contributed by atoms with Crippen LogP contribution >= 0.6 is 35.6 Å². The maximum atomic E-state index is 12.7. The highest BCUT2D eigenvalue weighted by Gasteiger charge is 2.33. The van der Waals surface area contributed by atoms with Gasteiger partial charge in [0.2, 0.25) is 0 Å². The summed E-state index contributed by atoms with van der Waals surface area (Å²) in [5.41, 5.74) is 1.65. The third-order valence-electron chi connectivity index (χ3n) is 3.37. The van der Waals surface area contributed by atoms with E-state index >= 15 is 0 Å². The van der Waals surface area contributed by atoms with Crippen molar-refractivity contribution in [1.29, 1.82) is 0 Å². The molecule has 1 heterocycles. The van der Waals surface area contributed by atoms with Gasteiger partial charge in [-0.1, -0.05) is 47.7 Å². The van der Waals surface area contributed by atoms with Crippen molar-refractivity contribution < 1.29 is 9.53 Å². The molecule has 3 rings (SSSR count). The van der Waals surface area contributed by atoms with Crippen molar-refractivity contribution in [3.8, 4) is 5.75 Å². The molecule has 2 aromatic rings. The summed E-state index contributed by atoms with van der Waals surface area (Å²) in [6.07, 6.45) is 1.84. The van der Waals surface area contributed by atoms with Gasteiger partial charge in [-0.15, -0.1) is 0 Å². The molecule has 0 bridgehead atoms. The number of halogens is 1. The van der Waals surface area contributed by atoms with E-state index in [2.05, 4.69) is 0 Å². The fourth-order valence-corrected chi connectivity index (χ4v) is 3.68. The molecule has 1 aliphatic rings. The number of rotatable bonds is 4. The monoisotopic (exact) mass is 375 g/mol. The number of ether oxygens (including phenoxy) is 1. The Bertz CT molecular complexity index is 801. The van der Waals surface area contributed by atoms with Gasteiger partial charge in [-0.05, 0) is 55.0 Å². The summed E-state index contributed by atoms with van der Waals surface area (Å²) in [6.45, 7) is 2.56. The average molecular weight is 376 g/mol. The van der Waals surface area contributed by atoms with E-state index in [0.29, 0.717) is 20.9 Å². The van der Waals surface area contributed by atoms with E-state index in [4.69, 9.17) is 28.6 Å². The molecule has 122 valence electrons. The third-order valence-corrected chi connectivity index (χ3v) is 4.92. The highest BCUT2D eigenvalue weighted by atomic mass is 35.5. The summed E-state index contributed by atoms with van der Waals surface area (Å²) in [6, 6.07) is 14.7. The largest absolute Gasteiger partial charge is 0.494 e. The molecule has 0 N–H and O–H groups in total. The van der Waals surface area contributed by atoms with Gasteiger partial charge < -0.3 is 4.74 Å². The number of carbonyl (C=O) groups is 1. The van der Waals surface area contributed by atoms with E-state index in [0.717, 1.165) is 17.0 Å². The average Bonchev–Trinajstić information content (AvgIpc) is 2.85. The molecule has 6 heteroatoms. The molecule has 0 spiro atoms. The van der Waals surface area contributed by atoms with Crippen LogP contribution in [0.3, 0.4) is 0 Å². The Kier molecular flexibility index (Phi) is 5.23. The van der Waals surface area contributed by atoms with Gasteiger partial charge in [0.15, 0.2) is 4.32 Å². The predicted octanol–water partition coefficient (Wildman–Crippen LogP) is 5.14. The molecule has 1 fully saturated rings. The van der Waals surface area contributed by atoms with Crippen LogP contribution < -0.4 is 9.64 Å². The number of hydrogen-bond donors (Lipinski definition) is 0. The molecule has 0 aromatic heterocycles. The first kappa shape index (κ1) is 17.0. The number of carbonyl (C=O) groups excluding carboxylic acids is 1. The van der Waals surface area contributed by atoms with E-state index in [1.165, 1.54) is 16.7 Å². The van der Waals surface area contributed by atoms with Gasteiger partial charge in [0.1, 0.15) is 5.75 Å². The summed E-state index contributed by atoms with van der Waals surface area (Å²) in [5.74, 6) is 0.685. The smallest absolute Gasteiger partial charge is 0.270 e. The number of hydrogen-bond acceptors (Lipinski definition) is 4. The Hall–Kier alpha value is -1.82. The molecule has 1 saturated heterocycles. The van der Waals surface area contributed by atoms with Crippen molar-refractivity contribution in [2.24, 2.45) is 0 Å². The standard InChI is InChI=1S/C18H14ClNO2S2/c1-2-22-15-9-3-12(4-10-15)11-16-17(21)20(18(23)24-16)14-7-5-13(19)6-8-14/h3-11H,2H2,1H3/b16-11-. The number of thioether (sulfide) groups is 1. The molecule has 0 saturated carbocycles. The lowest BCUT2D eigenvalue weighted by Gasteiger charge is -2.14. The van der Waals surface area contributed by atoms with Gasteiger partial charge in [-0.3, -0.25) is 9.69 Å². The Morgan fingerprint density at radius 1 is 1.17 bits per heavy atom. The summed E-state index contributed by atoms with van der Waals surface area (Å²) >= 11 is 12.5. The quantitative estimate of drug-likeness (QED) is 0.546. The van der Waals surface area contributed by atoms with Gasteiger partial charge in [0, 0.05) is 5.02 Å². The first-order valence-corrected chi connectivity index (χ1v) is 8.95. The number of benzene rings is 2. The number of amides is 1. The third kappa shape index (κ3) is 3.64. The van der Waals surface area contributed by atoms with E-state index in [-0.39, 0.29) is 5.91 Å². The molecular formula is C18H14ClNO2S2. The molecule has 24 heavy (non-hydrogen) atoms. The van der Waals surface area contributed by atoms with Crippen LogP contribution in [0.25, 0.3) is 6.08 Å². The van der Waals surface area contributed by atoms with Crippen LogP contribution in [0.15, 0.2) is 53.4 Å². The summed E-state index contributed by atoms with van der Waals surface area (Å²) in [7, 11) is 0. The van der Waals surface area contributed by atoms with E-state index in [9.17, 15) is 4.79 Å². The minimum Gasteiger partial charge on any atom is -0.494 e. The summed E-state index contributed by atoms with van der Waals surface area (Å²) < 4.78 is 5.93. The van der Waals surface area contributed by atoms with E-state index in [1.807, 2.05) is 37.3 Å². The van der Waals surface area contributed by atoms with Crippen LogP contribution in [0.4, 0.5) is 5.69 Å². The SMILES string of the molecule is CCOc1ccc(/C=C2\SC(=S)N(c3ccc(Cl)cc3)C2=O)cc1. The first-order valence-electron chi connectivity index (χ1n) is 7.35. The van der Waals surface area contributed by atoms with Crippen molar-refractivity contribution in [2.45, 2.75) is 6.92 Å². The second-order valence-corrected chi connectivity index (χ2v) is 7.11. The fraction of sp³-hybridized carbons (Fsp3) is 0.111. The maximum absolute atomic E-state index is 12.7. The summed E-state index contributed by atoms with van der Waals surface area (Å²) in [5, 5.41) is 0.620. The fourth-order valence-electron chi connectivity index (χ4n) is 2.26. The van der Waals surface area contributed by atoms with E-state index in [1.54, 1.807) is 24.3 Å². The normalized spacial score (nSPS) is 16.1. The highest BCUT2D eigenvalue weighted by Crippen LogP contribution is 2.36.